The Kier molecular flexibility index (Phi) is 4.44. The molecule has 7 nitrogen and oxygen atoms in total. The average molecular weight is 348 g/mol. The second-order valence-corrected chi connectivity index (χ2v) is 6.09. The SMILES string of the molecule is NC(=O)OC1(c2ccccc2)CCN(c2cc(Cl)nnc2N)CC1. The van der Waals surface area contributed by atoms with E-state index in [0.29, 0.717) is 31.7 Å². The Labute approximate surface area is 144 Å². The molecule has 3 rings (SSSR count). The van der Waals surface area contributed by atoms with Crippen molar-refractivity contribution in [1.29, 1.82) is 0 Å². The molecule has 0 bridgehead atoms. The zero-order valence-electron chi connectivity index (χ0n) is 13.0. The number of ether oxygens (including phenoxy) is 1. The van der Waals surface area contributed by atoms with E-state index in [4.69, 9.17) is 27.8 Å². The van der Waals surface area contributed by atoms with Crippen LogP contribution in [0.5, 0.6) is 0 Å². The number of piperidine rings is 1. The van der Waals surface area contributed by atoms with Crippen molar-refractivity contribution in [3.63, 3.8) is 0 Å². The van der Waals surface area contributed by atoms with Crippen LogP contribution in [0.2, 0.25) is 5.15 Å². The molecule has 1 amide bonds. The number of nitrogens with zero attached hydrogens (tertiary/aromatic N) is 3. The van der Waals surface area contributed by atoms with E-state index in [1.165, 1.54) is 0 Å². The highest BCUT2D eigenvalue weighted by atomic mass is 35.5. The fourth-order valence-corrected chi connectivity index (χ4v) is 3.26. The predicted molar refractivity (Wildman–Crippen MR) is 91.7 cm³/mol. The molecule has 4 N–H and O–H groups in total. The van der Waals surface area contributed by atoms with Gasteiger partial charge >= 0.3 is 6.09 Å². The second-order valence-electron chi connectivity index (χ2n) is 5.71. The summed E-state index contributed by atoms with van der Waals surface area (Å²) in [5.41, 5.74) is 12.1. The van der Waals surface area contributed by atoms with Gasteiger partial charge in [0.15, 0.2) is 11.0 Å². The highest BCUT2D eigenvalue weighted by Gasteiger charge is 2.40. The summed E-state index contributed by atoms with van der Waals surface area (Å²) in [6, 6.07) is 11.3. The van der Waals surface area contributed by atoms with E-state index in [2.05, 4.69) is 15.1 Å². The van der Waals surface area contributed by atoms with Gasteiger partial charge in [-0.25, -0.2) is 4.79 Å². The number of rotatable bonds is 3. The van der Waals surface area contributed by atoms with Crippen molar-refractivity contribution >= 4 is 29.2 Å². The molecule has 1 aliphatic rings. The third-order valence-corrected chi connectivity index (χ3v) is 4.46. The average Bonchev–Trinajstić information content (AvgIpc) is 2.58. The Hall–Kier alpha value is -2.54. The van der Waals surface area contributed by atoms with E-state index in [-0.39, 0.29) is 5.15 Å². The molecule has 2 aromatic rings. The summed E-state index contributed by atoms with van der Waals surface area (Å²) in [5.74, 6) is 0.322. The zero-order chi connectivity index (χ0) is 17.2. The number of hydrogen-bond donors (Lipinski definition) is 2. The van der Waals surface area contributed by atoms with Crippen molar-refractivity contribution in [2.45, 2.75) is 18.4 Å². The van der Waals surface area contributed by atoms with E-state index in [1.807, 2.05) is 30.3 Å². The maximum Gasteiger partial charge on any atom is 0.405 e. The van der Waals surface area contributed by atoms with Crippen LogP contribution in [0.3, 0.4) is 0 Å². The predicted octanol–water partition coefficient (Wildman–Crippen LogP) is 2.30. The van der Waals surface area contributed by atoms with Crippen molar-refractivity contribution in [3.05, 3.63) is 47.1 Å². The third-order valence-electron chi connectivity index (χ3n) is 4.28. The Morgan fingerprint density at radius 1 is 1.21 bits per heavy atom. The molecule has 1 aromatic heterocycles. The Morgan fingerprint density at radius 2 is 1.88 bits per heavy atom. The van der Waals surface area contributed by atoms with Crippen LogP contribution >= 0.6 is 11.6 Å². The lowest BCUT2D eigenvalue weighted by Gasteiger charge is -2.42. The molecule has 1 aromatic carbocycles. The number of anilines is 2. The monoisotopic (exact) mass is 347 g/mol. The van der Waals surface area contributed by atoms with Crippen molar-refractivity contribution in [2.75, 3.05) is 23.7 Å². The lowest BCUT2D eigenvalue weighted by Crippen LogP contribution is -2.46. The molecule has 0 unspecified atom stereocenters. The number of halogens is 1. The molecule has 0 saturated carbocycles. The van der Waals surface area contributed by atoms with Crippen LogP contribution < -0.4 is 16.4 Å². The number of aromatic nitrogens is 2. The Morgan fingerprint density at radius 3 is 2.50 bits per heavy atom. The molecule has 0 radical (unpaired) electrons. The molecule has 0 atom stereocenters. The minimum absolute atomic E-state index is 0.285. The molecule has 0 aliphatic carbocycles. The first-order valence-corrected chi connectivity index (χ1v) is 7.96. The van der Waals surface area contributed by atoms with Gasteiger partial charge < -0.3 is 21.1 Å². The van der Waals surface area contributed by atoms with Gasteiger partial charge in [0.25, 0.3) is 0 Å². The number of amides is 1. The van der Waals surface area contributed by atoms with Crippen LogP contribution in [0.25, 0.3) is 0 Å². The molecule has 2 heterocycles. The number of primary amides is 1. The van der Waals surface area contributed by atoms with Gasteiger partial charge in [0.2, 0.25) is 0 Å². The van der Waals surface area contributed by atoms with Crippen molar-refractivity contribution in [3.8, 4) is 0 Å². The summed E-state index contributed by atoms with van der Waals surface area (Å²) in [5, 5.41) is 7.86. The van der Waals surface area contributed by atoms with E-state index >= 15 is 0 Å². The minimum Gasteiger partial charge on any atom is -0.438 e. The molecule has 1 saturated heterocycles. The first-order valence-electron chi connectivity index (χ1n) is 7.58. The number of benzene rings is 1. The summed E-state index contributed by atoms with van der Waals surface area (Å²) < 4.78 is 5.53. The minimum atomic E-state index is -0.777. The first-order chi connectivity index (χ1) is 11.5. The topological polar surface area (TPSA) is 107 Å². The molecule has 0 spiro atoms. The summed E-state index contributed by atoms with van der Waals surface area (Å²) in [6.07, 6.45) is 0.388. The van der Waals surface area contributed by atoms with E-state index in [9.17, 15) is 4.79 Å². The standard InChI is InChI=1S/C16H18ClN5O2/c17-13-10-12(14(18)21-20-13)22-8-6-16(7-9-22,24-15(19)23)11-4-2-1-3-5-11/h1-5,10H,6-9H2,(H2,18,21)(H2,19,23). The summed E-state index contributed by atoms with van der Waals surface area (Å²) >= 11 is 5.92. The van der Waals surface area contributed by atoms with Gasteiger partial charge in [-0.3, -0.25) is 0 Å². The van der Waals surface area contributed by atoms with Crippen molar-refractivity contribution in [2.24, 2.45) is 5.73 Å². The maximum atomic E-state index is 11.4. The lowest BCUT2D eigenvalue weighted by molar-refractivity contribution is -0.00660. The summed E-state index contributed by atoms with van der Waals surface area (Å²) in [6.45, 7) is 1.24. The zero-order valence-corrected chi connectivity index (χ0v) is 13.7. The molecule has 8 heteroatoms. The second kappa shape index (κ2) is 6.52. The van der Waals surface area contributed by atoms with Crippen LogP contribution in [-0.4, -0.2) is 29.4 Å². The van der Waals surface area contributed by atoms with Gasteiger partial charge in [0.05, 0.1) is 5.69 Å². The Bertz CT molecular complexity index is 733. The van der Waals surface area contributed by atoms with Crippen LogP contribution in [0.4, 0.5) is 16.3 Å². The number of nitrogen functional groups attached to an aromatic ring is 1. The summed E-state index contributed by atoms with van der Waals surface area (Å²) in [7, 11) is 0. The highest BCUT2D eigenvalue weighted by Crippen LogP contribution is 2.39. The van der Waals surface area contributed by atoms with Crippen LogP contribution in [0.1, 0.15) is 18.4 Å². The van der Waals surface area contributed by atoms with Gasteiger partial charge in [-0.05, 0) is 5.56 Å². The normalized spacial score (nSPS) is 16.6. The molecule has 1 aliphatic heterocycles. The van der Waals surface area contributed by atoms with Gasteiger partial charge in [-0.15, -0.1) is 10.2 Å². The fraction of sp³-hybridized carbons (Fsp3) is 0.312. The third kappa shape index (κ3) is 3.21. The van der Waals surface area contributed by atoms with Crippen LogP contribution in [-0.2, 0) is 10.3 Å². The number of nitrogens with two attached hydrogens (primary N) is 2. The molecule has 126 valence electrons. The highest BCUT2D eigenvalue weighted by molar-refractivity contribution is 6.29. The van der Waals surface area contributed by atoms with Crippen molar-refractivity contribution in [1.82, 2.24) is 10.2 Å². The van der Waals surface area contributed by atoms with Crippen molar-refractivity contribution < 1.29 is 9.53 Å². The molecular weight excluding hydrogens is 330 g/mol. The lowest BCUT2D eigenvalue weighted by atomic mass is 9.84. The molecular formula is C16H18ClN5O2. The van der Waals surface area contributed by atoms with Gasteiger partial charge in [0, 0.05) is 32.0 Å². The number of hydrogen-bond acceptors (Lipinski definition) is 6. The number of carbonyl (C=O) groups is 1. The van der Waals surface area contributed by atoms with E-state index < -0.39 is 11.7 Å². The summed E-state index contributed by atoms with van der Waals surface area (Å²) in [4.78, 5) is 13.5. The van der Waals surface area contributed by atoms with E-state index in [1.54, 1.807) is 6.07 Å². The first kappa shape index (κ1) is 16.3. The molecule has 1 fully saturated rings. The van der Waals surface area contributed by atoms with Crippen LogP contribution in [0, 0.1) is 0 Å². The van der Waals surface area contributed by atoms with Gasteiger partial charge in [-0.1, -0.05) is 41.9 Å². The fourth-order valence-electron chi connectivity index (χ4n) is 3.11. The largest absolute Gasteiger partial charge is 0.438 e. The van der Waals surface area contributed by atoms with E-state index in [0.717, 1.165) is 11.3 Å². The maximum absolute atomic E-state index is 11.4. The van der Waals surface area contributed by atoms with Gasteiger partial charge in [0.1, 0.15) is 5.60 Å². The quantitative estimate of drug-likeness (QED) is 0.882. The van der Waals surface area contributed by atoms with Crippen LogP contribution in [0.15, 0.2) is 36.4 Å². The smallest absolute Gasteiger partial charge is 0.405 e. The van der Waals surface area contributed by atoms with Gasteiger partial charge in [-0.2, -0.15) is 0 Å². The Balaban J connectivity index is 1.84. The molecule has 24 heavy (non-hydrogen) atoms. The number of carbonyl (C=O) groups excluding carboxylic acids is 1.